The molecule has 5 heteroatoms. The van der Waals surface area contributed by atoms with Gasteiger partial charge in [0.25, 0.3) is 11.5 Å². The van der Waals surface area contributed by atoms with Crippen molar-refractivity contribution >= 4 is 5.91 Å². The van der Waals surface area contributed by atoms with Crippen LogP contribution in [0, 0.1) is 0 Å². The lowest BCUT2D eigenvalue weighted by Crippen LogP contribution is -2.32. The third kappa shape index (κ3) is 3.54. The second-order valence-corrected chi connectivity index (χ2v) is 4.52. The van der Waals surface area contributed by atoms with Gasteiger partial charge in [-0.05, 0) is 18.1 Å². The van der Waals surface area contributed by atoms with Crippen molar-refractivity contribution in [3.63, 3.8) is 0 Å². The molecule has 0 fully saturated rings. The van der Waals surface area contributed by atoms with Crippen molar-refractivity contribution in [2.24, 2.45) is 0 Å². The number of rotatable bonds is 5. The van der Waals surface area contributed by atoms with Crippen LogP contribution in [0.5, 0.6) is 0 Å². The van der Waals surface area contributed by atoms with Crippen LogP contribution < -0.4 is 5.56 Å². The Kier molecular flexibility index (Phi) is 4.65. The predicted molar refractivity (Wildman–Crippen MR) is 76.3 cm³/mol. The molecule has 0 atom stereocenters. The van der Waals surface area contributed by atoms with Crippen molar-refractivity contribution in [1.29, 1.82) is 0 Å². The fraction of sp³-hybridized carbons (Fsp3) is 0.267. The van der Waals surface area contributed by atoms with Crippen LogP contribution in [-0.2, 0) is 6.54 Å². The minimum absolute atomic E-state index is 0.174. The number of aromatic nitrogens is 2. The van der Waals surface area contributed by atoms with E-state index in [1.54, 1.807) is 4.90 Å². The molecule has 2 rings (SSSR count). The minimum Gasteiger partial charge on any atom is -0.333 e. The van der Waals surface area contributed by atoms with Crippen LogP contribution in [0.3, 0.4) is 0 Å². The summed E-state index contributed by atoms with van der Waals surface area (Å²) >= 11 is 0. The number of H-pyrrole nitrogens is 1. The lowest BCUT2D eigenvalue weighted by molar-refractivity contribution is 0.0736. The largest absolute Gasteiger partial charge is 0.333 e. The maximum atomic E-state index is 12.4. The Morgan fingerprint density at radius 2 is 1.95 bits per heavy atom. The molecule has 1 amide bonds. The quantitative estimate of drug-likeness (QED) is 0.902. The maximum absolute atomic E-state index is 12.4. The standard InChI is InChI=1S/C15H17N3O2/c1-2-10-18(11-12-6-4-3-5-7-12)15(20)13-8-9-14(19)17-16-13/h3-9H,2,10-11H2,1H3,(H,17,19). The van der Waals surface area contributed by atoms with E-state index in [2.05, 4.69) is 10.2 Å². The van der Waals surface area contributed by atoms with Crippen LogP contribution in [0.4, 0.5) is 0 Å². The molecule has 0 aliphatic rings. The second-order valence-electron chi connectivity index (χ2n) is 4.52. The average molecular weight is 271 g/mol. The summed E-state index contributed by atoms with van der Waals surface area (Å²) in [6, 6.07) is 12.6. The van der Waals surface area contributed by atoms with Gasteiger partial charge >= 0.3 is 0 Å². The van der Waals surface area contributed by atoms with Gasteiger partial charge in [0.15, 0.2) is 0 Å². The zero-order chi connectivity index (χ0) is 14.4. The molecular weight excluding hydrogens is 254 g/mol. The number of aromatic amines is 1. The maximum Gasteiger partial charge on any atom is 0.274 e. The van der Waals surface area contributed by atoms with E-state index in [0.717, 1.165) is 12.0 Å². The number of carbonyl (C=O) groups excluding carboxylic acids is 1. The lowest BCUT2D eigenvalue weighted by atomic mass is 10.2. The highest BCUT2D eigenvalue weighted by atomic mass is 16.2. The van der Waals surface area contributed by atoms with E-state index in [1.165, 1.54) is 12.1 Å². The molecule has 2 aromatic rings. The van der Waals surface area contributed by atoms with E-state index in [9.17, 15) is 9.59 Å². The van der Waals surface area contributed by atoms with Crippen LogP contribution in [0.1, 0.15) is 29.4 Å². The van der Waals surface area contributed by atoms with Crippen LogP contribution >= 0.6 is 0 Å². The van der Waals surface area contributed by atoms with Gasteiger partial charge in [0.2, 0.25) is 0 Å². The van der Waals surface area contributed by atoms with Crippen molar-refractivity contribution in [2.45, 2.75) is 19.9 Å². The molecule has 1 N–H and O–H groups in total. The number of benzene rings is 1. The number of amides is 1. The number of nitrogens with zero attached hydrogens (tertiary/aromatic N) is 2. The SMILES string of the molecule is CCCN(Cc1ccccc1)C(=O)c1ccc(=O)[nH]n1. The summed E-state index contributed by atoms with van der Waals surface area (Å²) in [6.07, 6.45) is 0.863. The molecule has 0 saturated heterocycles. The molecular formula is C15H17N3O2. The molecule has 20 heavy (non-hydrogen) atoms. The van der Waals surface area contributed by atoms with Gasteiger partial charge in [-0.3, -0.25) is 9.59 Å². The average Bonchev–Trinajstić information content (AvgIpc) is 2.48. The third-order valence-electron chi connectivity index (χ3n) is 2.90. The molecule has 0 radical (unpaired) electrons. The Hall–Kier alpha value is -2.43. The van der Waals surface area contributed by atoms with E-state index >= 15 is 0 Å². The molecule has 1 aromatic carbocycles. The fourth-order valence-corrected chi connectivity index (χ4v) is 1.95. The summed E-state index contributed by atoms with van der Waals surface area (Å²) < 4.78 is 0. The van der Waals surface area contributed by atoms with E-state index in [4.69, 9.17) is 0 Å². The Labute approximate surface area is 117 Å². The number of nitrogens with one attached hydrogen (secondary N) is 1. The first kappa shape index (κ1) is 14.0. The Balaban J connectivity index is 2.17. The lowest BCUT2D eigenvalue weighted by Gasteiger charge is -2.21. The summed E-state index contributed by atoms with van der Waals surface area (Å²) in [6.45, 7) is 3.20. The highest BCUT2D eigenvalue weighted by molar-refractivity contribution is 5.92. The summed E-state index contributed by atoms with van der Waals surface area (Å²) in [5.41, 5.74) is 1.01. The van der Waals surface area contributed by atoms with Gasteiger partial charge in [0, 0.05) is 19.2 Å². The second kappa shape index (κ2) is 6.65. The van der Waals surface area contributed by atoms with Crippen molar-refractivity contribution in [1.82, 2.24) is 15.1 Å². The normalized spacial score (nSPS) is 10.2. The van der Waals surface area contributed by atoms with Gasteiger partial charge in [0.1, 0.15) is 5.69 Å². The first-order valence-corrected chi connectivity index (χ1v) is 6.59. The highest BCUT2D eigenvalue weighted by Gasteiger charge is 2.16. The molecule has 0 aliphatic heterocycles. The van der Waals surface area contributed by atoms with Gasteiger partial charge < -0.3 is 4.90 Å². The van der Waals surface area contributed by atoms with Gasteiger partial charge in [-0.2, -0.15) is 5.10 Å². The summed E-state index contributed by atoms with van der Waals surface area (Å²) in [5, 5.41) is 6.08. The molecule has 0 unspecified atom stereocenters. The number of carbonyl (C=O) groups is 1. The van der Waals surface area contributed by atoms with Crippen molar-refractivity contribution in [3.05, 3.63) is 64.1 Å². The molecule has 1 aromatic heterocycles. The molecule has 5 nitrogen and oxygen atoms in total. The first-order valence-electron chi connectivity index (χ1n) is 6.59. The topological polar surface area (TPSA) is 66.1 Å². The smallest absolute Gasteiger partial charge is 0.274 e. The van der Waals surface area contributed by atoms with Crippen molar-refractivity contribution in [2.75, 3.05) is 6.54 Å². The molecule has 0 saturated carbocycles. The Morgan fingerprint density at radius 3 is 2.55 bits per heavy atom. The minimum atomic E-state index is -0.313. The van der Waals surface area contributed by atoms with Gasteiger partial charge in [-0.1, -0.05) is 37.3 Å². The molecule has 0 bridgehead atoms. The summed E-state index contributed by atoms with van der Waals surface area (Å²) in [4.78, 5) is 25.1. The van der Waals surface area contributed by atoms with Gasteiger partial charge in [0.05, 0.1) is 0 Å². The molecule has 104 valence electrons. The molecule has 1 heterocycles. The zero-order valence-electron chi connectivity index (χ0n) is 11.4. The monoisotopic (exact) mass is 271 g/mol. The Morgan fingerprint density at radius 1 is 1.20 bits per heavy atom. The molecule has 0 aliphatic carbocycles. The van der Waals surface area contributed by atoms with Gasteiger partial charge in [-0.25, -0.2) is 5.10 Å². The van der Waals surface area contributed by atoms with E-state index in [0.29, 0.717) is 13.1 Å². The van der Waals surface area contributed by atoms with Gasteiger partial charge in [-0.15, -0.1) is 0 Å². The third-order valence-corrected chi connectivity index (χ3v) is 2.90. The van der Waals surface area contributed by atoms with Crippen LogP contribution in [0.25, 0.3) is 0 Å². The molecule has 0 spiro atoms. The van der Waals surface area contributed by atoms with E-state index in [-0.39, 0.29) is 17.2 Å². The summed E-state index contributed by atoms with van der Waals surface area (Å²) in [5.74, 6) is -0.174. The highest BCUT2D eigenvalue weighted by Crippen LogP contribution is 2.08. The Bertz CT molecular complexity index is 602. The summed E-state index contributed by atoms with van der Waals surface area (Å²) in [7, 11) is 0. The zero-order valence-corrected chi connectivity index (χ0v) is 11.4. The van der Waals surface area contributed by atoms with E-state index < -0.39 is 0 Å². The van der Waals surface area contributed by atoms with Crippen LogP contribution in [-0.4, -0.2) is 27.5 Å². The number of hydrogen-bond acceptors (Lipinski definition) is 3. The van der Waals surface area contributed by atoms with Crippen LogP contribution in [0.15, 0.2) is 47.3 Å². The number of hydrogen-bond donors (Lipinski definition) is 1. The van der Waals surface area contributed by atoms with Crippen LogP contribution in [0.2, 0.25) is 0 Å². The fourth-order valence-electron chi connectivity index (χ4n) is 1.95. The first-order chi connectivity index (χ1) is 9.70. The predicted octanol–water partition coefficient (Wildman–Crippen LogP) is 1.82. The van der Waals surface area contributed by atoms with Crippen molar-refractivity contribution < 1.29 is 4.79 Å². The van der Waals surface area contributed by atoms with Crippen molar-refractivity contribution in [3.8, 4) is 0 Å². The van der Waals surface area contributed by atoms with E-state index in [1.807, 2.05) is 37.3 Å².